The summed E-state index contributed by atoms with van der Waals surface area (Å²) in [6, 6.07) is 0.0746. The summed E-state index contributed by atoms with van der Waals surface area (Å²) in [5.41, 5.74) is 0. The maximum atomic E-state index is 11.7. The number of anilines is 1. The van der Waals surface area contributed by atoms with Gasteiger partial charge in [0.25, 0.3) is 0 Å². The summed E-state index contributed by atoms with van der Waals surface area (Å²) in [5, 5.41) is 14.6. The lowest BCUT2D eigenvalue weighted by molar-refractivity contribution is 0.218. The van der Waals surface area contributed by atoms with Crippen molar-refractivity contribution in [1.82, 2.24) is 20.4 Å². The van der Waals surface area contributed by atoms with E-state index < -0.39 is 0 Å². The fraction of sp³-hybridized carbons (Fsp3) is 0.727. The van der Waals surface area contributed by atoms with Gasteiger partial charge in [0.15, 0.2) is 0 Å². The first kappa shape index (κ1) is 14.8. The minimum Gasteiger partial charge on any atom is -0.336 e. The molecule has 0 spiro atoms. The van der Waals surface area contributed by atoms with Gasteiger partial charge in [-0.15, -0.1) is 10.2 Å². The molecule has 2 amide bonds. The SMILES string of the molecule is Cc1nnc(NC(=O)NCC(C(C)C)N(C)C)s1. The molecular weight excluding hydrogens is 250 g/mol. The fourth-order valence-electron chi connectivity index (χ4n) is 1.70. The topological polar surface area (TPSA) is 70.1 Å². The summed E-state index contributed by atoms with van der Waals surface area (Å²) in [5.74, 6) is 0.476. The molecule has 1 aromatic rings. The molecule has 0 aromatic carbocycles. The number of nitrogens with one attached hydrogen (secondary N) is 2. The number of aromatic nitrogens is 2. The molecule has 0 saturated carbocycles. The van der Waals surface area contributed by atoms with Gasteiger partial charge in [0.1, 0.15) is 5.01 Å². The first-order valence-corrected chi connectivity index (χ1v) is 6.73. The molecule has 1 atom stereocenters. The minimum atomic E-state index is -0.237. The lowest BCUT2D eigenvalue weighted by atomic mass is 10.0. The van der Waals surface area contributed by atoms with Crippen LogP contribution < -0.4 is 10.6 Å². The number of urea groups is 1. The van der Waals surface area contributed by atoms with Crippen LogP contribution in [0.25, 0.3) is 0 Å². The van der Waals surface area contributed by atoms with Gasteiger partial charge in [-0.25, -0.2) is 4.79 Å². The van der Waals surface area contributed by atoms with E-state index in [0.29, 0.717) is 23.6 Å². The molecular formula is C11H21N5OS. The number of nitrogens with zero attached hydrogens (tertiary/aromatic N) is 3. The van der Waals surface area contributed by atoms with Crippen molar-refractivity contribution in [3.05, 3.63) is 5.01 Å². The fourth-order valence-corrected chi connectivity index (χ4v) is 2.29. The van der Waals surface area contributed by atoms with Crippen molar-refractivity contribution in [2.75, 3.05) is 26.0 Å². The molecule has 6 nitrogen and oxygen atoms in total. The van der Waals surface area contributed by atoms with Gasteiger partial charge in [-0.2, -0.15) is 0 Å². The first-order chi connectivity index (χ1) is 8.40. The number of carbonyl (C=O) groups excluding carboxylic acids is 1. The van der Waals surface area contributed by atoms with Crippen LogP contribution in [0.15, 0.2) is 0 Å². The quantitative estimate of drug-likeness (QED) is 0.852. The number of aryl methyl sites for hydroxylation is 1. The van der Waals surface area contributed by atoms with Gasteiger partial charge in [0.05, 0.1) is 0 Å². The number of likely N-dealkylation sites (N-methyl/N-ethyl adjacent to an activating group) is 1. The van der Waals surface area contributed by atoms with Crippen LogP contribution in [0.5, 0.6) is 0 Å². The molecule has 0 bridgehead atoms. The van der Waals surface area contributed by atoms with E-state index >= 15 is 0 Å². The minimum absolute atomic E-state index is 0.237. The number of hydrogen-bond acceptors (Lipinski definition) is 5. The smallest absolute Gasteiger partial charge is 0.321 e. The van der Waals surface area contributed by atoms with Crippen LogP contribution in [0.3, 0.4) is 0 Å². The van der Waals surface area contributed by atoms with E-state index in [4.69, 9.17) is 0 Å². The van der Waals surface area contributed by atoms with Crippen molar-refractivity contribution in [1.29, 1.82) is 0 Å². The predicted molar refractivity (Wildman–Crippen MR) is 74.0 cm³/mol. The summed E-state index contributed by atoms with van der Waals surface area (Å²) in [4.78, 5) is 13.8. The normalized spacial score (nSPS) is 12.8. The Morgan fingerprint density at radius 1 is 1.39 bits per heavy atom. The standard InChI is InChI=1S/C11H21N5OS/c1-7(2)9(16(4)5)6-12-10(17)13-11-15-14-8(3)18-11/h7,9H,6H2,1-5H3,(H2,12,13,15,17). The van der Waals surface area contributed by atoms with Crippen molar-refractivity contribution in [3.63, 3.8) is 0 Å². The third kappa shape index (κ3) is 4.58. The highest BCUT2D eigenvalue weighted by atomic mass is 32.1. The number of carbonyl (C=O) groups is 1. The van der Waals surface area contributed by atoms with E-state index in [1.165, 1.54) is 11.3 Å². The van der Waals surface area contributed by atoms with E-state index in [1.807, 2.05) is 21.0 Å². The summed E-state index contributed by atoms with van der Waals surface area (Å²) in [6.45, 7) is 6.73. The molecule has 18 heavy (non-hydrogen) atoms. The Hall–Kier alpha value is -1.21. The average molecular weight is 271 g/mol. The zero-order chi connectivity index (χ0) is 13.7. The third-order valence-corrected chi connectivity index (χ3v) is 3.41. The lowest BCUT2D eigenvalue weighted by Crippen LogP contribution is -2.44. The van der Waals surface area contributed by atoms with Crippen LogP contribution in [0.2, 0.25) is 0 Å². The highest BCUT2D eigenvalue weighted by Crippen LogP contribution is 2.13. The van der Waals surface area contributed by atoms with Gasteiger partial charge >= 0.3 is 6.03 Å². The van der Waals surface area contributed by atoms with Gasteiger partial charge in [-0.3, -0.25) is 5.32 Å². The molecule has 0 aliphatic rings. The summed E-state index contributed by atoms with van der Waals surface area (Å²) in [6.07, 6.45) is 0. The van der Waals surface area contributed by atoms with Gasteiger partial charge in [0.2, 0.25) is 5.13 Å². The van der Waals surface area contributed by atoms with Crippen LogP contribution in [-0.2, 0) is 0 Å². The maximum Gasteiger partial charge on any atom is 0.321 e. The van der Waals surface area contributed by atoms with Crippen LogP contribution in [0.4, 0.5) is 9.93 Å². The Kier molecular flexibility index (Phi) is 5.49. The van der Waals surface area contributed by atoms with Gasteiger partial charge in [-0.1, -0.05) is 25.2 Å². The second kappa shape index (κ2) is 6.65. The molecule has 1 rings (SSSR count). The maximum absolute atomic E-state index is 11.7. The number of hydrogen-bond donors (Lipinski definition) is 2. The van der Waals surface area contributed by atoms with E-state index in [2.05, 4.69) is 39.6 Å². The van der Waals surface area contributed by atoms with Gasteiger partial charge in [-0.05, 0) is 26.9 Å². The molecule has 7 heteroatoms. The Bertz CT molecular complexity index is 383. The van der Waals surface area contributed by atoms with Crippen molar-refractivity contribution in [3.8, 4) is 0 Å². The largest absolute Gasteiger partial charge is 0.336 e. The molecule has 102 valence electrons. The van der Waals surface area contributed by atoms with E-state index in [0.717, 1.165) is 5.01 Å². The Balaban J connectivity index is 2.41. The second-order valence-corrected chi connectivity index (χ2v) is 5.92. The average Bonchev–Trinajstić information content (AvgIpc) is 2.62. The highest BCUT2D eigenvalue weighted by Gasteiger charge is 2.16. The number of rotatable bonds is 5. The van der Waals surface area contributed by atoms with Crippen molar-refractivity contribution >= 4 is 22.5 Å². The molecule has 1 heterocycles. The molecule has 0 aliphatic heterocycles. The lowest BCUT2D eigenvalue weighted by Gasteiger charge is -2.27. The Morgan fingerprint density at radius 2 is 2.06 bits per heavy atom. The van der Waals surface area contributed by atoms with E-state index in [-0.39, 0.29) is 6.03 Å². The monoisotopic (exact) mass is 271 g/mol. The molecule has 1 aromatic heterocycles. The zero-order valence-electron chi connectivity index (χ0n) is 11.5. The third-order valence-electron chi connectivity index (χ3n) is 2.65. The summed E-state index contributed by atoms with van der Waals surface area (Å²) in [7, 11) is 4.02. The van der Waals surface area contributed by atoms with Crippen LogP contribution >= 0.6 is 11.3 Å². The molecule has 0 aliphatic carbocycles. The van der Waals surface area contributed by atoms with Crippen LogP contribution in [0, 0.1) is 12.8 Å². The van der Waals surface area contributed by atoms with E-state index in [1.54, 1.807) is 0 Å². The van der Waals surface area contributed by atoms with Crippen LogP contribution in [-0.4, -0.2) is 47.8 Å². The van der Waals surface area contributed by atoms with E-state index in [9.17, 15) is 4.79 Å². The van der Waals surface area contributed by atoms with Gasteiger partial charge < -0.3 is 10.2 Å². The highest BCUT2D eigenvalue weighted by molar-refractivity contribution is 7.15. The molecule has 1 unspecified atom stereocenters. The second-order valence-electron chi connectivity index (χ2n) is 4.74. The molecule has 0 saturated heterocycles. The van der Waals surface area contributed by atoms with Crippen molar-refractivity contribution < 1.29 is 4.79 Å². The van der Waals surface area contributed by atoms with Crippen molar-refractivity contribution in [2.24, 2.45) is 5.92 Å². The van der Waals surface area contributed by atoms with Gasteiger partial charge in [0, 0.05) is 12.6 Å². The predicted octanol–water partition coefficient (Wildman–Crippen LogP) is 1.55. The first-order valence-electron chi connectivity index (χ1n) is 5.91. The number of amides is 2. The molecule has 0 radical (unpaired) electrons. The molecule has 2 N–H and O–H groups in total. The Morgan fingerprint density at radius 3 is 2.50 bits per heavy atom. The van der Waals surface area contributed by atoms with Crippen LogP contribution in [0.1, 0.15) is 18.9 Å². The summed E-state index contributed by atoms with van der Waals surface area (Å²) >= 11 is 1.36. The van der Waals surface area contributed by atoms with Crippen molar-refractivity contribution in [2.45, 2.75) is 26.8 Å². The Labute approximate surface area is 112 Å². The summed E-state index contributed by atoms with van der Waals surface area (Å²) < 4.78 is 0. The molecule has 0 fully saturated rings. The zero-order valence-corrected chi connectivity index (χ0v) is 12.3.